The zero-order valence-corrected chi connectivity index (χ0v) is 16.8. The van der Waals surface area contributed by atoms with Crippen LogP contribution >= 0.6 is 0 Å². The Morgan fingerprint density at radius 2 is 1.61 bits per heavy atom. The van der Waals surface area contributed by atoms with Crippen molar-refractivity contribution in [3.63, 3.8) is 0 Å². The second kappa shape index (κ2) is 7.59. The van der Waals surface area contributed by atoms with E-state index >= 15 is 0 Å². The van der Waals surface area contributed by atoms with Crippen LogP contribution in [0.2, 0.25) is 0 Å². The maximum Gasteiger partial charge on any atom is 0.263 e. The Bertz CT molecular complexity index is 936. The number of amides is 1. The van der Waals surface area contributed by atoms with Crippen molar-refractivity contribution >= 4 is 15.7 Å². The molecule has 6 heteroatoms. The topological polar surface area (TPSA) is 63.7 Å². The first-order valence-electron chi connectivity index (χ1n) is 9.78. The molecule has 2 aromatic carbocycles. The van der Waals surface area contributed by atoms with E-state index in [4.69, 9.17) is 4.74 Å². The van der Waals surface area contributed by atoms with E-state index in [0.717, 1.165) is 24.0 Å². The van der Waals surface area contributed by atoms with Crippen molar-refractivity contribution in [1.29, 1.82) is 0 Å². The predicted molar refractivity (Wildman–Crippen MR) is 109 cm³/mol. The average molecular weight is 400 g/mol. The lowest BCUT2D eigenvalue weighted by Gasteiger charge is -2.31. The van der Waals surface area contributed by atoms with Crippen molar-refractivity contribution in [3.05, 3.63) is 54.6 Å². The first-order chi connectivity index (χ1) is 13.4. The fourth-order valence-corrected chi connectivity index (χ4v) is 5.54. The molecule has 28 heavy (non-hydrogen) atoms. The van der Waals surface area contributed by atoms with E-state index in [2.05, 4.69) is 0 Å². The SMILES string of the molecule is CC(Oc1ccc(-c2ccccc2)cc1)C(=O)N(C1CC1)C1CCS(=O)(=O)C1. The Balaban J connectivity index is 1.43. The van der Waals surface area contributed by atoms with Crippen LogP contribution in [0.1, 0.15) is 26.2 Å². The molecule has 148 valence electrons. The highest BCUT2D eigenvalue weighted by Gasteiger charge is 2.43. The van der Waals surface area contributed by atoms with E-state index in [-0.39, 0.29) is 29.5 Å². The fraction of sp³-hybridized carbons (Fsp3) is 0.409. The van der Waals surface area contributed by atoms with Gasteiger partial charge in [0, 0.05) is 12.1 Å². The van der Waals surface area contributed by atoms with Crippen LogP contribution < -0.4 is 4.74 Å². The molecule has 0 N–H and O–H groups in total. The molecular weight excluding hydrogens is 374 g/mol. The summed E-state index contributed by atoms with van der Waals surface area (Å²) in [6.45, 7) is 1.74. The van der Waals surface area contributed by atoms with Gasteiger partial charge in [-0.3, -0.25) is 4.79 Å². The van der Waals surface area contributed by atoms with Crippen LogP contribution in [0.4, 0.5) is 0 Å². The lowest BCUT2D eigenvalue weighted by Crippen LogP contribution is -2.48. The van der Waals surface area contributed by atoms with Crippen LogP contribution in [0.15, 0.2) is 54.6 Å². The van der Waals surface area contributed by atoms with Crippen LogP contribution in [-0.4, -0.2) is 48.9 Å². The molecule has 4 rings (SSSR count). The summed E-state index contributed by atoms with van der Waals surface area (Å²) in [5.41, 5.74) is 2.21. The third-order valence-electron chi connectivity index (χ3n) is 5.42. The monoisotopic (exact) mass is 399 g/mol. The molecule has 1 heterocycles. The minimum Gasteiger partial charge on any atom is -0.481 e. The maximum absolute atomic E-state index is 13.0. The average Bonchev–Trinajstić information content (AvgIpc) is 3.46. The lowest BCUT2D eigenvalue weighted by molar-refractivity contribution is -0.140. The molecule has 2 fully saturated rings. The van der Waals surface area contributed by atoms with Gasteiger partial charge in [-0.1, -0.05) is 42.5 Å². The van der Waals surface area contributed by atoms with Crippen molar-refractivity contribution in [2.75, 3.05) is 11.5 Å². The summed E-state index contributed by atoms with van der Waals surface area (Å²) in [7, 11) is -3.03. The summed E-state index contributed by atoms with van der Waals surface area (Å²) in [5.74, 6) is 0.769. The lowest BCUT2D eigenvalue weighted by atomic mass is 10.1. The Morgan fingerprint density at radius 1 is 0.964 bits per heavy atom. The highest BCUT2D eigenvalue weighted by atomic mass is 32.2. The van der Waals surface area contributed by atoms with E-state index in [9.17, 15) is 13.2 Å². The summed E-state index contributed by atoms with van der Waals surface area (Å²) in [4.78, 5) is 14.8. The van der Waals surface area contributed by atoms with Crippen LogP contribution in [0, 0.1) is 0 Å². The van der Waals surface area contributed by atoms with Gasteiger partial charge in [0.25, 0.3) is 5.91 Å². The zero-order chi connectivity index (χ0) is 19.7. The first kappa shape index (κ1) is 19.0. The number of rotatable bonds is 6. The van der Waals surface area contributed by atoms with E-state index in [1.165, 1.54) is 0 Å². The minimum atomic E-state index is -3.03. The summed E-state index contributed by atoms with van der Waals surface area (Å²) in [6, 6.07) is 17.7. The van der Waals surface area contributed by atoms with Gasteiger partial charge >= 0.3 is 0 Å². The number of carbonyl (C=O) groups excluding carboxylic acids is 1. The molecule has 2 aromatic rings. The number of carbonyl (C=O) groups is 1. The Morgan fingerprint density at radius 3 is 2.18 bits per heavy atom. The molecule has 2 atom stereocenters. The van der Waals surface area contributed by atoms with E-state index in [0.29, 0.717) is 12.2 Å². The molecule has 0 spiro atoms. The summed E-state index contributed by atoms with van der Waals surface area (Å²) >= 11 is 0. The van der Waals surface area contributed by atoms with Gasteiger partial charge in [0.05, 0.1) is 11.5 Å². The third kappa shape index (κ3) is 4.22. The van der Waals surface area contributed by atoms with Gasteiger partial charge in [0.15, 0.2) is 15.9 Å². The Kier molecular flexibility index (Phi) is 5.15. The number of nitrogens with zero attached hydrogens (tertiary/aromatic N) is 1. The summed E-state index contributed by atoms with van der Waals surface area (Å²) in [6.07, 6.45) is 1.77. The third-order valence-corrected chi connectivity index (χ3v) is 7.17. The van der Waals surface area contributed by atoms with Gasteiger partial charge < -0.3 is 9.64 Å². The van der Waals surface area contributed by atoms with Gasteiger partial charge in [-0.25, -0.2) is 8.42 Å². The molecule has 1 saturated heterocycles. The van der Waals surface area contributed by atoms with Gasteiger partial charge in [-0.2, -0.15) is 0 Å². The van der Waals surface area contributed by atoms with Gasteiger partial charge in [-0.15, -0.1) is 0 Å². The number of hydrogen-bond acceptors (Lipinski definition) is 4. The van der Waals surface area contributed by atoms with Crippen molar-refractivity contribution < 1.29 is 17.9 Å². The van der Waals surface area contributed by atoms with Crippen molar-refractivity contribution in [1.82, 2.24) is 4.90 Å². The molecule has 0 radical (unpaired) electrons. The second-order valence-corrected chi connectivity index (χ2v) is 9.91. The molecule has 1 saturated carbocycles. The van der Waals surface area contributed by atoms with Gasteiger partial charge in [0.2, 0.25) is 0 Å². The quantitative estimate of drug-likeness (QED) is 0.748. The number of hydrogen-bond donors (Lipinski definition) is 0. The highest BCUT2D eigenvalue weighted by Crippen LogP contribution is 2.33. The highest BCUT2D eigenvalue weighted by molar-refractivity contribution is 7.91. The van der Waals surface area contributed by atoms with E-state index < -0.39 is 15.9 Å². The second-order valence-electron chi connectivity index (χ2n) is 7.68. The minimum absolute atomic E-state index is 0.0771. The molecule has 1 aliphatic heterocycles. The molecular formula is C22H25NO4S. The molecule has 2 aliphatic rings. The molecule has 5 nitrogen and oxygen atoms in total. The van der Waals surface area contributed by atoms with E-state index in [1.54, 1.807) is 11.8 Å². The largest absolute Gasteiger partial charge is 0.481 e. The maximum atomic E-state index is 13.0. The van der Waals surface area contributed by atoms with Crippen molar-refractivity contribution in [3.8, 4) is 16.9 Å². The van der Waals surface area contributed by atoms with Gasteiger partial charge in [0.1, 0.15) is 5.75 Å². The standard InChI is InChI=1S/C22H25NO4S/c1-16(22(24)23(19-9-10-19)20-13-14-28(25,26)15-20)27-21-11-7-18(8-12-21)17-5-3-2-4-6-17/h2-8,11-12,16,19-20H,9-10,13-15H2,1H3. The number of benzene rings is 2. The fourth-order valence-electron chi connectivity index (χ4n) is 3.83. The van der Waals surface area contributed by atoms with Crippen molar-refractivity contribution in [2.45, 2.75) is 44.4 Å². The number of ether oxygens (including phenoxy) is 1. The number of sulfone groups is 1. The molecule has 0 aromatic heterocycles. The summed E-state index contributed by atoms with van der Waals surface area (Å²) in [5, 5.41) is 0. The van der Waals surface area contributed by atoms with Crippen LogP contribution in [-0.2, 0) is 14.6 Å². The Labute approximate surface area is 166 Å². The van der Waals surface area contributed by atoms with Gasteiger partial charge in [-0.05, 0) is 49.4 Å². The first-order valence-corrected chi connectivity index (χ1v) is 11.6. The van der Waals surface area contributed by atoms with Crippen molar-refractivity contribution in [2.24, 2.45) is 0 Å². The van der Waals surface area contributed by atoms with Crippen LogP contribution in [0.3, 0.4) is 0 Å². The zero-order valence-electron chi connectivity index (χ0n) is 16.0. The normalized spacial score (nSPS) is 21.8. The molecule has 0 bridgehead atoms. The van der Waals surface area contributed by atoms with E-state index in [1.807, 2.05) is 54.6 Å². The molecule has 1 amide bonds. The Hall–Kier alpha value is -2.34. The van der Waals surface area contributed by atoms with Crippen LogP contribution in [0.5, 0.6) is 5.75 Å². The molecule has 1 aliphatic carbocycles. The van der Waals surface area contributed by atoms with Crippen LogP contribution in [0.25, 0.3) is 11.1 Å². The molecule has 2 unspecified atom stereocenters. The predicted octanol–water partition coefficient (Wildman–Crippen LogP) is 3.30. The smallest absolute Gasteiger partial charge is 0.263 e. The summed E-state index contributed by atoms with van der Waals surface area (Å²) < 4.78 is 29.6.